The van der Waals surface area contributed by atoms with Crippen LogP contribution in [0.5, 0.6) is 0 Å². The Balaban J connectivity index is 1.99. The summed E-state index contributed by atoms with van der Waals surface area (Å²) < 4.78 is 1.09. The molecular formula is C16H17N5O3. The number of nitrogens with one attached hydrogen (secondary N) is 3. The van der Waals surface area contributed by atoms with Gasteiger partial charge >= 0.3 is 6.03 Å². The van der Waals surface area contributed by atoms with Crippen LogP contribution in [0.3, 0.4) is 0 Å². The van der Waals surface area contributed by atoms with Crippen LogP contribution in [-0.2, 0) is 7.05 Å². The van der Waals surface area contributed by atoms with Crippen LogP contribution in [0.15, 0.2) is 53.8 Å². The summed E-state index contributed by atoms with van der Waals surface area (Å²) in [5.41, 5.74) is 0.947. The number of rotatable bonds is 5. The number of carbonyl (C=O) groups excluding carboxylic acids is 2. The highest BCUT2D eigenvalue weighted by Gasteiger charge is 2.09. The molecule has 124 valence electrons. The Hall–Kier alpha value is -3.42. The molecule has 0 atom stereocenters. The molecule has 1 heterocycles. The summed E-state index contributed by atoms with van der Waals surface area (Å²) in [5, 5.41) is 11.8. The van der Waals surface area contributed by atoms with E-state index < -0.39 is 5.91 Å². The predicted octanol–water partition coefficient (Wildman–Crippen LogP) is 1.34. The van der Waals surface area contributed by atoms with Crippen molar-refractivity contribution < 1.29 is 9.59 Å². The number of carbonyl (C=O) groups is 2. The Morgan fingerprint density at radius 3 is 2.33 bits per heavy atom. The summed E-state index contributed by atoms with van der Waals surface area (Å²) in [6.45, 7) is 3.88. The average Bonchev–Trinajstić information content (AvgIpc) is 2.57. The molecule has 3 N–H and O–H groups in total. The molecule has 2 rings (SSSR count). The number of urea groups is 1. The molecule has 0 aliphatic rings. The van der Waals surface area contributed by atoms with E-state index in [4.69, 9.17) is 0 Å². The van der Waals surface area contributed by atoms with Gasteiger partial charge in [0.25, 0.3) is 11.5 Å². The molecule has 8 nitrogen and oxygen atoms in total. The largest absolute Gasteiger partial charge is 0.334 e. The van der Waals surface area contributed by atoms with Crippen LogP contribution in [-0.4, -0.2) is 28.3 Å². The molecular weight excluding hydrogens is 310 g/mol. The molecule has 24 heavy (non-hydrogen) atoms. The van der Waals surface area contributed by atoms with Crippen LogP contribution in [0.25, 0.3) is 0 Å². The number of aryl methyl sites for hydroxylation is 1. The van der Waals surface area contributed by atoms with Crippen molar-refractivity contribution in [3.8, 4) is 0 Å². The first-order valence-corrected chi connectivity index (χ1v) is 7.11. The fourth-order valence-corrected chi connectivity index (χ4v) is 1.80. The zero-order valence-corrected chi connectivity index (χ0v) is 13.1. The summed E-state index contributed by atoms with van der Waals surface area (Å²) in [4.78, 5) is 34.9. The van der Waals surface area contributed by atoms with E-state index >= 15 is 0 Å². The quantitative estimate of drug-likeness (QED) is 0.721. The van der Waals surface area contributed by atoms with E-state index in [1.165, 1.54) is 19.2 Å². The standard InChI is InChI=1S/C16H17N5O3/c1-3-10-17-16(24)19-12-6-4-11(5-7-12)18-15(23)13-8-9-14(22)21(2)20-13/h3-9H,1,10H2,2H3,(H,18,23)(H2,17,19,24). The van der Waals surface area contributed by atoms with Crippen LogP contribution >= 0.6 is 0 Å². The first-order chi connectivity index (χ1) is 11.5. The number of hydrogen-bond acceptors (Lipinski definition) is 4. The summed E-state index contributed by atoms with van der Waals surface area (Å²) in [7, 11) is 1.47. The minimum absolute atomic E-state index is 0.128. The van der Waals surface area contributed by atoms with E-state index in [2.05, 4.69) is 27.6 Å². The van der Waals surface area contributed by atoms with Crippen molar-refractivity contribution in [2.45, 2.75) is 0 Å². The zero-order chi connectivity index (χ0) is 17.5. The van der Waals surface area contributed by atoms with Crippen molar-refractivity contribution in [1.82, 2.24) is 15.1 Å². The van der Waals surface area contributed by atoms with Crippen molar-refractivity contribution in [2.75, 3.05) is 17.2 Å². The maximum absolute atomic E-state index is 12.1. The average molecular weight is 327 g/mol. The van der Waals surface area contributed by atoms with E-state index in [0.29, 0.717) is 17.9 Å². The third kappa shape index (κ3) is 4.54. The van der Waals surface area contributed by atoms with Gasteiger partial charge in [0, 0.05) is 31.0 Å². The van der Waals surface area contributed by atoms with Crippen LogP contribution in [0.4, 0.5) is 16.2 Å². The van der Waals surface area contributed by atoms with E-state index in [-0.39, 0.29) is 17.3 Å². The second-order valence-corrected chi connectivity index (χ2v) is 4.84. The Labute approximate surface area is 138 Å². The molecule has 0 unspecified atom stereocenters. The SMILES string of the molecule is C=CCNC(=O)Nc1ccc(NC(=O)c2ccc(=O)n(C)n2)cc1. The third-order valence-electron chi connectivity index (χ3n) is 3.00. The minimum atomic E-state index is -0.435. The second-order valence-electron chi connectivity index (χ2n) is 4.84. The Morgan fingerprint density at radius 1 is 1.12 bits per heavy atom. The van der Waals surface area contributed by atoms with Gasteiger partial charge in [-0.2, -0.15) is 5.10 Å². The van der Waals surface area contributed by atoms with Gasteiger partial charge in [0.2, 0.25) is 0 Å². The number of amides is 3. The highest BCUT2D eigenvalue weighted by atomic mass is 16.2. The molecule has 0 radical (unpaired) electrons. The lowest BCUT2D eigenvalue weighted by molar-refractivity contribution is 0.102. The van der Waals surface area contributed by atoms with Gasteiger partial charge in [-0.25, -0.2) is 9.48 Å². The third-order valence-corrected chi connectivity index (χ3v) is 3.00. The second kappa shape index (κ2) is 7.73. The smallest absolute Gasteiger partial charge is 0.319 e. The first kappa shape index (κ1) is 16.9. The Morgan fingerprint density at radius 2 is 1.75 bits per heavy atom. The van der Waals surface area contributed by atoms with Crippen molar-refractivity contribution in [3.05, 3.63) is 65.1 Å². The molecule has 0 saturated carbocycles. The maximum Gasteiger partial charge on any atom is 0.319 e. The molecule has 0 saturated heterocycles. The normalized spacial score (nSPS) is 9.88. The van der Waals surface area contributed by atoms with Gasteiger partial charge in [0.15, 0.2) is 0 Å². The molecule has 8 heteroatoms. The topological polar surface area (TPSA) is 105 Å². The molecule has 0 aliphatic heterocycles. The lowest BCUT2D eigenvalue weighted by Crippen LogP contribution is -2.28. The van der Waals surface area contributed by atoms with Gasteiger partial charge in [0.05, 0.1) is 0 Å². The Bertz CT molecular complexity index is 811. The molecule has 1 aromatic carbocycles. The highest BCUT2D eigenvalue weighted by Crippen LogP contribution is 2.14. The van der Waals surface area contributed by atoms with E-state index in [9.17, 15) is 14.4 Å². The van der Waals surface area contributed by atoms with Crippen molar-refractivity contribution in [3.63, 3.8) is 0 Å². The summed E-state index contributed by atoms with van der Waals surface area (Å²) in [6, 6.07) is 8.87. The highest BCUT2D eigenvalue weighted by molar-refractivity contribution is 6.02. The van der Waals surface area contributed by atoms with Crippen LogP contribution in [0.2, 0.25) is 0 Å². The molecule has 0 spiro atoms. The summed E-state index contributed by atoms with van der Waals surface area (Å²) in [5.74, 6) is -0.435. The monoisotopic (exact) mass is 327 g/mol. The van der Waals surface area contributed by atoms with Crippen LogP contribution in [0, 0.1) is 0 Å². The number of benzene rings is 1. The summed E-state index contributed by atoms with van der Waals surface area (Å²) in [6.07, 6.45) is 1.58. The van der Waals surface area contributed by atoms with Gasteiger partial charge in [-0.3, -0.25) is 9.59 Å². The fourth-order valence-electron chi connectivity index (χ4n) is 1.80. The predicted molar refractivity (Wildman–Crippen MR) is 91.1 cm³/mol. The molecule has 1 aromatic heterocycles. The van der Waals surface area contributed by atoms with E-state index in [1.54, 1.807) is 30.3 Å². The maximum atomic E-state index is 12.1. The van der Waals surface area contributed by atoms with Crippen molar-refractivity contribution in [1.29, 1.82) is 0 Å². The van der Waals surface area contributed by atoms with Gasteiger partial charge in [-0.05, 0) is 30.3 Å². The van der Waals surface area contributed by atoms with Gasteiger partial charge < -0.3 is 16.0 Å². The molecule has 0 bridgehead atoms. The number of nitrogens with zero attached hydrogens (tertiary/aromatic N) is 2. The zero-order valence-electron chi connectivity index (χ0n) is 13.1. The van der Waals surface area contributed by atoms with Crippen LogP contribution in [0.1, 0.15) is 10.5 Å². The van der Waals surface area contributed by atoms with Gasteiger partial charge in [0.1, 0.15) is 5.69 Å². The summed E-state index contributed by atoms with van der Waals surface area (Å²) >= 11 is 0. The van der Waals surface area contributed by atoms with Gasteiger partial charge in [-0.1, -0.05) is 6.08 Å². The van der Waals surface area contributed by atoms with Crippen molar-refractivity contribution in [2.24, 2.45) is 7.05 Å². The number of anilines is 2. The molecule has 2 aromatic rings. The van der Waals surface area contributed by atoms with Crippen LogP contribution < -0.4 is 21.5 Å². The van der Waals surface area contributed by atoms with E-state index in [1.807, 2.05) is 0 Å². The fraction of sp³-hybridized carbons (Fsp3) is 0.125. The molecule has 0 fully saturated rings. The number of hydrogen-bond donors (Lipinski definition) is 3. The minimum Gasteiger partial charge on any atom is -0.334 e. The molecule has 3 amide bonds. The lowest BCUT2D eigenvalue weighted by atomic mass is 10.2. The lowest BCUT2D eigenvalue weighted by Gasteiger charge is -2.08. The van der Waals surface area contributed by atoms with Gasteiger partial charge in [-0.15, -0.1) is 6.58 Å². The Kier molecular flexibility index (Phi) is 5.45. The number of aromatic nitrogens is 2. The first-order valence-electron chi connectivity index (χ1n) is 7.11. The van der Waals surface area contributed by atoms with E-state index in [0.717, 1.165) is 4.68 Å². The van der Waals surface area contributed by atoms with Crippen molar-refractivity contribution >= 4 is 23.3 Å². The molecule has 0 aliphatic carbocycles.